The van der Waals surface area contributed by atoms with Crippen molar-refractivity contribution in [3.63, 3.8) is 0 Å². The van der Waals surface area contributed by atoms with Gasteiger partial charge in [0.1, 0.15) is 0 Å². The zero-order valence-corrected chi connectivity index (χ0v) is 13.6. The second kappa shape index (κ2) is 7.02. The first-order valence-corrected chi connectivity index (χ1v) is 7.94. The van der Waals surface area contributed by atoms with Gasteiger partial charge in [-0.15, -0.1) is 11.8 Å². The molecule has 0 atom stereocenters. The highest BCUT2D eigenvalue weighted by Gasteiger charge is 2.08. The van der Waals surface area contributed by atoms with E-state index in [0.29, 0.717) is 10.7 Å². The van der Waals surface area contributed by atoms with Gasteiger partial charge in [-0.3, -0.25) is 4.79 Å². The van der Waals surface area contributed by atoms with Gasteiger partial charge in [-0.1, -0.05) is 23.7 Å². The van der Waals surface area contributed by atoms with Gasteiger partial charge >= 0.3 is 0 Å². The van der Waals surface area contributed by atoms with Crippen LogP contribution in [0.25, 0.3) is 0 Å². The smallest absolute Gasteiger partial charge is 0.234 e. The number of nitrogen functional groups attached to an aromatic ring is 1. The van der Waals surface area contributed by atoms with Crippen LogP contribution in [0.4, 0.5) is 11.4 Å². The topological polar surface area (TPSA) is 55.1 Å². The van der Waals surface area contributed by atoms with E-state index in [2.05, 4.69) is 21.2 Å². The quantitative estimate of drug-likeness (QED) is 0.618. The second-order valence-electron chi connectivity index (χ2n) is 4.01. The number of benzene rings is 2. The zero-order chi connectivity index (χ0) is 14.5. The summed E-state index contributed by atoms with van der Waals surface area (Å²) >= 11 is 10.8. The largest absolute Gasteiger partial charge is 0.399 e. The van der Waals surface area contributed by atoms with Gasteiger partial charge in [0.05, 0.1) is 16.5 Å². The van der Waals surface area contributed by atoms with Gasteiger partial charge in [0.2, 0.25) is 5.91 Å². The molecule has 0 spiro atoms. The lowest BCUT2D eigenvalue weighted by atomic mass is 10.3. The fourth-order valence-electron chi connectivity index (χ4n) is 1.52. The average molecular weight is 372 g/mol. The van der Waals surface area contributed by atoms with E-state index in [1.165, 1.54) is 11.8 Å². The molecule has 3 N–H and O–H groups in total. The maximum absolute atomic E-state index is 11.9. The first-order chi connectivity index (χ1) is 9.56. The summed E-state index contributed by atoms with van der Waals surface area (Å²) in [6.07, 6.45) is 0. The molecule has 20 heavy (non-hydrogen) atoms. The Kier molecular flexibility index (Phi) is 5.34. The van der Waals surface area contributed by atoms with Crippen molar-refractivity contribution < 1.29 is 4.79 Å². The minimum atomic E-state index is -0.0969. The number of anilines is 2. The van der Waals surface area contributed by atoms with Crippen LogP contribution in [0, 0.1) is 0 Å². The van der Waals surface area contributed by atoms with Crippen molar-refractivity contribution in [3.8, 4) is 0 Å². The average Bonchev–Trinajstić information content (AvgIpc) is 2.42. The molecular weight excluding hydrogens is 360 g/mol. The minimum Gasteiger partial charge on any atom is -0.399 e. The molecule has 0 radical (unpaired) electrons. The molecule has 3 nitrogen and oxygen atoms in total. The van der Waals surface area contributed by atoms with Crippen LogP contribution < -0.4 is 11.1 Å². The Morgan fingerprint density at radius 3 is 2.80 bits per heavy atom. The van der Waals surface area contributed by atoms with E-state index >= 15 is 0 Å². The summed E-state index contributed by atoms with van der Waals surface area (Å²) in [6, 6.07) is 12.7. The number of carbonyl (C=O) groups excluding carboxylic acids is 1. The van der Waals surface area contributed by atoms with Crippen LogP contribution >= 0.6 is 39.3 Å². The Balaban J connectivity index is 1.96. The van der Waals surface area contributed by atoms with Crippen molar-refractivity contribution >= 4 is 56.6 Å². The number of carbonyl (C=O) groups is 1. The van der Waals surface area contributed by atoms with E-state index in [1.54, 1.807) is 18.2 Å². The number of nitrogens with two attached hydrogens (primary N) is 1. The van der Waals surface area contributed by atoms with Crippen molar-refractivity contribution in [2.24, 2.45) is 0 Å². The summed E-state index contributed by atoms with van der Waals surface area (Å²) in [7, 11) is 0. The first-order valence-electron chi connectivity index (χ1n) is 5.78. The first kappa shape index (κ1) is 15.2. The predicted molar refractivity (Wildman–Crippen MR) is 89.4 cm³/mol. The number of halogens is 2. The fraction of sp³-hybridized carbons (Fsp3) is 0.0714. The third-order valence-electron chi connectivity index (χ3n) is 2.46. The van der Waals surface area contributed by atoms with E-state index in [-0.39, 0.29) is 11.7 Å². The van der Waals surface area contributed by atoms with E-state index in [4.69, 9.17) is 17.3 Å². The molecule has 0 aliphatic heterocycles. The molecule has 104 valence electrons. The van der Waals surface area contributed by atoms with Crippen molar-refractivity contribution in [1.82, 2.24) is 0 Å². The standard InChI is InChI=1S/C14H12BrClN2OS/c15-10-3-1-2-4-12(10)18-14(19)8-20-13-7-9(17)5-6-11(13)16/h1-7H,8,17H2,(H,18,19). The van der Waals surface area contributed by atoms with Gasteiger partial charge in [-0.05, 0) is 46.3 Å². The number of amides is 1. The summed E-state index contributed by atoms with van der Waals surface area (Å²) in [5.41, 5.74) is 7.07. The van der Waals surface area contributed by atoms with Crippen LogP contribution in [-0.2, 0) is 4.79 Å². The number of para-hydroxylation sites is 1. The lowest BCUT2D eigenvalue weighted by molar-refractivity contribution is -0.113. The van der Waals surface area contributed by atoms with Gasteiger partial charge < -0.3 is 11.1 Å². The van der Waals surface area contributed by atoms with Gasteiger partial charge in [0, 0.05) is 15.1 Å². The Morgan fingerprint density at radius 1 is 1.30 bits per heavy atom. The monoisotopic (exact) mass is 370 g/mol. The number of hydrogen-bond donors (Lipinski definition) is 2. The lowest BCUT2D eigenvalue weighted by Gasteiger charge is -2.08. The Hall–Kier alpha value is -1.17. The zero-order valence-electron chi connectivity index (χ0n) is 10.4. The second-order valence-corrected chi connectivity index (χ2v) is 6.29. The molecule has 2 aromatic rings. The Bertz CT molecular complexity index is 636. The normalized spacial score (nSPS) is 10.3. The molecule has 0 heterocycles. The molecule has 0 aliphatic rings. The molecule has 6 heteroatoms. The Labute approximate surface area is 135 Å². The predicted octanol–water partition coefficient (Wildman–Crippen LogP) is 4.42. The van der Waals surface area contributed by atoms with Crippen LogP contribution in [0.3, 0.4) is 0 Å². The van der Waals surface area contributed by atoms with Crippen LogP contribution in [0.5, 0.6) is 0 Å². The molecule has 0 saturated heterocycles. The van der Waals surface area contributed by atoms with Crippen LogP contribution in [-0.4, -0.2) is 11.7 Å². The van der Waals surface area contributed by atoms with Gasteiger partial charge in [0.25, 0.3) is 0 Å². The van der Waals surface area contributed by atoms with E-state index in [1.807, 2.05) is 24.3 Å². The highest BCUT2D eigenvalue weighted by molar-refractivity contribution is 9.10. The summed E-state index contributed by atoms with van der Waals surface area (Å²) < 4.78 is 0.848. The molecule has 0 fully saturated rings. The molecule has 1 amide bonds. The third-order valence-corrected chi connectivity index (χ3v) is 4.65. The lowest BCUT2D eigenvalue weighted by Crippen LogP contribution is -2.14. The molecule has 2 rings (SSSR count). The maximum atomic E-state index is 11.9. The maximum Gasteiger partial charge on any atom is 0.234 e. The SMILES string of the molecule is Nc1ccc(Cl)c(SCC(=O)Nc2ccccc2Br)c1. The molecule has 0 unspecified atom stereocenters. The molecular formula is C14H12BrClN2OS. The number of nitrogens with one attached hydrogen (secondary N) is 1. The van der Waals surface area contributed by atoms with Crippen molar-refractivity contribution in [1.29, 1.82) is 0 Å². The molecule has 0 bridgehead atoms. The molecule has 2 aromatic carbocycles. The fourth-order valence-corrected chi connectivity index (χ4v) is 2.97. The van der Waals surface area contributed by atoms with Gasteiger partial charge in [-0.25, -0.2) is 0 Å². The third kappa shape index (κ3) is 4.16. The number of hydrogen-bond acceptors (Lipinski definition) is 3. The van der Waals surface area contributed by atoms with E-state index in [9.17, 15) is 4.79 Å². The summed E-state index contributed by atoms with van der Waals surface area (Å²) in [6.45, 7) is 0. The van der Waals surface area contributed by atoms with Crippen molar-refractivity contribution in [3.05, 3.63) is 52.0 Å². The molecule has 0 aliphatic carbocycles. The minimum absolute atomic E-state index is 0.0969. The van der Waals surface area contributed by atoms with Crippen LogP contribution in [0.15, 0.2) is 51.8 Å². The molecule has 0 aromatic heterocycles. The van der Waals surface area contributed by atoms with Crippen LogP contribution in [0.2, 0.25) is 5.02 Å². The van der Waals surface area contributed by atoms with Crippen LogP contribution in [0.1, 0.15) is 0 Å². The summed E-state index contributed by atoms with van der Waals surface area (Å²) in [4.78, 5) is 12.7. The summed E-state index contributed by atoms with van der Waals surface area (Å²) in [5, 5.41) is 3.43. The van der Waals surface area contributed by atoms with E-state index in [0.717, 1.165) is 15.1 Å². The molecule has 0 saturated carbocycles. The summed E-state index contributed by atoms with van der Waals surface area (Å²) in [5.74, 6) is 0.172. The van der Waals surface area contributed by atoms with Gasteiger partial charge in [0.15, 0.2) is 0 Å². The van der Waals surface area contributed by atoms with Crippen molar-refractivity contribution in [2.45, 2.75) is 4.90 Å². The number of rotatable bonds is 4. The Morgan fingerprint density at radius 2 is 2.05 bits per heavy atom. The van der Waals surface area contributed by atoms with Gasteiger partial charge in [-0.2, -0.15) is 0 Å². The highest BCUT2D eigenvalue weighted by Crippen LogP contribution is 2.29. The highest BCUT2D eigenvalue weighted by atomic mass is 79.9. The number of thioether (sulfide) groups is 1. The van der Waals surface area contributed by atoms with E-state index < -0.39 is 0 Å². The van der Waals surface area contributed by atoms with Crippen molar-refractivity contribution in [2.75, 3.05) is 16.8 Å².